The van der Waals surface area contributed by atoms with E-state index in [0.29, 0.717) is 28.2 Å². The number of nitrogens with one attached hydrogen (secondary N) is 1. The second-order valence-corrected chi connectivity index (χ2v) is 8.64. The van der Waals surface area contributed by atoms with E-state index in [0.717, 1.165) is 19.3 Å². The molecular formula is C25H30N4O5. The average molecular weight is 467 g/mol. The number of nitrogens with zero attached hydrogens (tertiary/aromatic N) is 3. The number of hydrazone groups is 1. The molecule has 0 unspecified atom stereocenters. The lowest BCUT2D eigenvalue weighted by Gasteiger charge is -2.38. The lowest BCUT2D eigenvalue weighted by atomic mass is 9.97. The molecule has 2 atom stereocenters. The molecule has 1 aliphatic rings. The highest BCUT2D eigenvalue weighted by atomic mass is 16.6. The fourth-order valence-corrected chi connectivity index (χ4v) is 4.13. The van der Waals surface area contributed by atoms with Gasteiger partial charge in [0, 0.05) is 34.8 Å². The third-order valence-electron chi connectivity index (χ3n) is 6.11. The summed E-state index contributed by atoms with van der Waals surface area (Å²) in [6, 6.07) is 11.6. The van der Waals surface area contributed by atoms with Gasteiger partial charge in [-0.15, -0.1) is 0 Å². The van der Waals surface area contributed by atoms with Crippen LogP contribution in [0, 0.1) is 17.0 Å². The number of rotatable bonds is 7. The fourth-order valence-electron chi connectivity index (χ4n) is 4.13. The largest absolute Gasteiger partial charge is 0.484 e. The SMILES string of the molecule is C/C(=N/NC(=O)c1ccc(OCC(=O)N2[C@H](C)CCC[C@H]2C)cc1)c1ccc(C)c([N+](=O)[O-])c1. The number of hydrogen-bond acceptors (Lipinski definition) is 6. The lowest BCUT2D eigenvalue weighted by Crippen LogP contribution is -2.49. The zero-order chi connectivity index (χ0) is 24.8. The van der Waals surface area contributed by atoms with E-state index in [2.05, 4.69) is 24.4 Å². The lowest BCUT2D eigenvalue weighted by molar-refractivity contribution is -0.385. The van der Waals surface area contributed by atoms with Gasteiger partial charge < -0.3 is 9.64 Å². The number of carbonyl (C=O) groups excluding carboxylic acids is 2. The summed E-state index contributed by atoms with van der Waals surface area (Å²) in [7, 11) is 0. The maximum absolute atomic E-state index is 12.6. The van der Waals surface area contributed by atoms with Gasteiger partial charge in [-0.2, -0.15) is 5.10 Å². The number of piperidine rings is 1. The van der Waals surface area contributed by atoms with E-state index in [4.69, 9.17) is 4.74 Å². The predicted molar refractivity (Wildman–Crippen MR) is 129 cm³/mol. The summed E-state index contributed by atoms with van der Waals surface area (Å²) in [5, 5.41) is 15.2. The molecule has 1 saturated heterocycles. The molecule has 1 fully saturated rings. The number of nitro benzene ring substituents is 1. The van der Waals surface area contributed by atoms with Crippen molar-refractivity contribution >= 4 is 23.2 Å². The van der Waals surface area contributed by atoms with E-state index < -0.39 is 10.8 Å². The van der Waals surface area contributed by atoms with Crippen LogP contribution in [0.2, 0.25) is 0 Å². The fraction of sp³-hybridized carbons (Fsp3) is 0.400. The van der Waals surface area contributed by atoms with Crippen LogP contribution in [0.3, 0.4) is 0 Å². The second-order valence-electron chi connectivity index (χ2n) is 8.64. The number of nitro groups is 1. The van der Waals surface area contributed by atoms with Gasteiger partial charge in [0.2, 0.25) is 0 Å². The van der Waals surface area contributed by atoms with Gasteiger partial charge in [0.05, 0.1) is 10.6 Å². The summed E-state index contributed by atoms with van der Waals surface area (Å²) < 4.78 is 5.64. The van der Waals surface area contributed by atoms with Crippen LogP contribution in [0.4, 0.5) is 5.69 Å². The summed E-state index contributed by atoms with van der Waals surface area (Å²) in [5.41, 5.74) is 4.36. The minimum atomic E-state index is -0.449. The average Bonchev–Trinajstić information content (AvgIpc) is 2.81. The van der Waals surface area contributed by atoms with Crippen LogP contribution >= 0.6 is 0 Å². The molecular weight excluding hydrogens is 436 g/mol. The van der Waals surface area contributed by atoms with Gasteiger partial charge in [-0.05, 0) is 71.2 Å². The molecule has 2 aromatic rings. The minimum Gasteiger partial charge on any atom is -0.484 e. The summed E-state index contributed by atoms with van der Waals surface area (Å²) in [5.74, 6) is 0.0242. The smallest absolute Gasteiger partial charge is 0.272 e. The second kappa shape index (κ2) is 10.9. The Labute approximate surface area is 198 Å². The van der Waals surface area contributed by atoms with Crippen molar-refractivity contribution in [3.8, 4) is 5.75 Å². The van der Waals surface area contributed by atoms with Crippen molar-refractivity contribution in [2.75, 3.05) is 6.61 Å². The summed E-state index contributed by atoms with van der Waals surface area (Å²) >= 11 is 0. The van der Waals surface area contributed by atoms with Crippen molar-refractivity contribution in [1.82, 2.24) is 10.3 Å². The number of aryl methyl sites for hydroxylation is 1. The predicted octanol–water partition coefficient (Wildman–Crippen LogP) is 4.23. The molecule has 34 heavy (non-hydrogen) atoms. The zero-order valence-electron chi connectivity index (χ0n) is 19.9. The summed E-state index contributed by atoms with van der Waals surface area (Å²) in [6.07, 6.45) is 3.14. The highest BCUT2D eigenvalue weighted by Crippen LogP contribution is 2.23. The third kappa shape index (κ3) is 5.98. The Morgan fingerprint density at radius 1 is 1.12 bits per heavy atom. The molecule has 2 aromatic carbocycles. The Morgan fingerprint density at radius 2 is 1.74 bits per heavy atom. The van der Waals surface area contributed by atoms with Crippen molar-refractivity contribution in [3.05, 3.63) is 69.3 Å². The van der Waals surface area contributed by atoms with Gasteiger partial charge in [0.15, 0.2) is 6.61 Å². The van der Waals surface area contributed by atoms with Crippen LogP contribution in [-0.4, -0.2) is 46.0 Å². The molecule has 0 radical (unpaired) electrons. The molecule has 1 aliphatic heterocycles. The monoisotopic (exact) mass is 466 g/mol. The number of carbonyl (C=O) groups is 2. The van der Waals surface area contributed by atoms with E-state index in [1.807, 2.05) is 4.90 Å². The summed E-state index contributed by atoms with van der Waals surface area (Å²) in [4.78, 5) is 37.6. The van der Waals surface area contributed by atoms with E-state index in [-0.39, 0.29) is 30.3 Å². The molecule has 0 aliphatic carbocycles. The Hall–Kier alpha value is -3.75. The van der Waals surface area contributed by atoms with Crippen LogP contribution in [0.1, 0.15) is 61.5 Å². The topological polar surface area (TPSA) is 114 Å². The highest BCUT2D eigenvalue weighted by Gasteiger charge is 2.29. The van der Waals surface area contributed by atoms with Crippen LogP contribution < -0.4 is 10.2 Å². The van der Waals surface area contributed by atoms with Gasteiger partial charge in [0.1, 0.15) is 5.75 Å². The molecule has 9 heteroatoms. The standard InChI is InChI=1S/C25H30N4O5/c1-16-8-9-21(14-23(16)29(32)33)19(4)26-27-25(31)20-10-12-22(13-11-20)34-15-24(30)28-17(2)6-5-7-18(28)3/h8-14,17-18H,5-7,15H2,1-4H3,(H,27,31)/b26-19-/t17-,18-/m1/s1. The van der Waals surface area contributed by atoms with Gasteiger partial charge in [0.25, 0.3) is 17.5 Å². The first-order valence-electron chi connectivity index (χ1n) is 11.3. The van der Waals surface area contributed by atoms with Crippen LogP contribution in [0.15, 0.2) is 47.6 Å². The molecule has 180 valence electrons. The third-order valence-corrected chi connectivity index (χ3v) is 6.11. The Kier molecular flexibility index (Phi) is 7.99. The number of amides is 2. The number of likely N-dealkylation sites (tertiary alicyclic amines) is 1. The molecule has 1 N–H and O–H groups in total. The van der Waals surface area contributed by atoms with Crippen molar-refractivity contribution < 1.29 is 19.2 Å². The molecule has 3 rings (SSSR count). The normalized spacial score (nSPS) is 18.4. The molecule has 0 bridgehead atoms. The maximum atomic E-state index is 12.6. The van der Waals surface area contributed by atoms with E-state index >= 15 is 0 Å². The molecule has 0 spiro atoms. The van der Waals surface area contributed by atoms with E-state index in [1.54, 1.807) is 50.2 Å². The van der Waals surface area contributed by atoms with Crippen molar-refractivity contribution in [2.24, 2.45) is 5.10 Å². The van der Waals surface area contributed by atoms with Gasteiger partial charge in [-0.3, -0.25) is 19.7 Å². The maximum Gasteiger partial charge on any atom is 0.272 e. The van der Waals surface area contributed by atoms with Crippen molar-refractivity contribution in [2.45, 2.75) is 59.0 Å². The first-order chi connectivity index (χ1) is 16.2. The molecule has 9 nitrogen and oxygen atoms in total. The van der Waals surface area contributed by atoms with E-state index in [1.165, 1.54) is 6.07 Å². The van der Waals surface area contributed by atoms with Gasteiger partial charge >= 0.3 is 0 Å². The number of ether oxygens (including phenoxy) is 1. The molecule has 0 aromatic heterocycles. The first-order valence-corrected chi connectivity index (χ1v) is 11.3. The van der Waals surface area contributed by atoms with Gasteiger partial charge in [-0.25, -0.2) is 5.43 Å². The zero-order valence-corrected chi connectivity index (χ0v) is 19.9. The van der Waals surface area contributed by atoms with Crippen LogP contribution in [0.25, 0.3) is 0 Å². The van der Waals surface area contributed by atoms with Crippen LogP contribution in [0.5, 0.6) is 5.75 Å². The quantitative estimate of drug-likeness (QED) is 0.373. The Bertz CT molecular complexity index is 1090. The molecule has 0 saturated carbocycles. The van der Waals surface area contributed by atoms with Crippen LogP contribution in [-0.2, 0) is 4.79 Å². The van der Waals surface area contributed by atoms with E-state index in [9.17, 15) is 19.7 Å². The highest BCUT2D eigenvalue weighted by molar-refractivity contribution is 6.01. The molecule has 1 heterocycles. The Balaban J connectivity index is 1.57. The van der Waals surface area contributed by atoms with Gasteiger partial charge in [-0.1, -0.05) is 12.1 Å². The van der Waals surface area contributed by atoms with Crippen molar-refractivity contribution in [3.63, 3.8) is 0 Å². The number of benzene rings is 2. The Morgan fingerprint density at radius 3 is 2.35 bits per heavy atom. The summed E-state index contributed by atoms with van der Waals surface area (Å²) in [6.45, 7) is 7.39. The van der Waals surface area contributed by atoms with Crippen molar-refractivity contribution in [1.29, 1.82) is 0 Å². The molecule has 2 amide bonds. The minimum absolute atomic E-state index is 0.00310. The first kappa shape index (κ1) is 24.9. The number of hydrogen-bond donors (Lipinski definition) is 1.